The summed E-state index contributed by atoms with van der Waals surface area (Å²) in [6.45, 7) is 0. The molecule has 6 aromatic rings. The van der Waals surface area contributed by atoms with E-state index in [1.54, 1.807) is 0 Å². The van der Waals surface area contributed by atoms with Crippen molar-refractivity contribution in [3.05, 3.63) is 95.6 Å². The van der Waals surface area contributed by atoms with E-state index in [1.165, 1.54) is 5.39 Å². The van der Waals surface area contributed by atoms with Crippen molar-refractivity contribution < 1.29 is 55.7 Å². The summed E-state index contributed by atoms with van der Waals surface area (Å²) in [6, 6.07) is 25.7. The van der Waals surface area contributed by atoms with Crippen molar-refractivity contribution >= 4 is 62.5 Å². The summed E-state index contributed by atoms with van der Waals surface area (Å²) < 4.78 is 63.5. The molecule has 4 aromatic carbocycles. The van der Waals surface area contributed by atoms with Gasteiger partial charge in [-0.25, -0.2) is 9.59 Å². The highest BCUT2D eigenvalue weighted by molar-refractivity contribution is 6.10. The number of alkyl halides is 6. The predicted octanol–water partition coefficient (Wildman–Crippen LogP) is 3.96. The summed E-state index contributed by atoms with van der Waals surface area (Å²) in [7, 11) is 0. The molecule has 57 heavy (non-hydrogen) atoms. The van der Waals surface area contributed by atoms with Crippen LogP contribution in [0.3, 0.4) is 0 Å². The van der Waals surface area contributed by atoms with Gasteiger partial charge in [0.2, 0.25) is 11.8 Å². The predicted molar refractivity (Wildman–Crippen MR) is 197 cm³/mol. The molecule has 0 saturated heterocycles. The van der Waals surface area contributed by atoms with Crippen molar-refractivity contribution in [3.8, 4) is 22.3 Å². The van der Waals surface area contributed by atoms with Crippen LogP contribution in [0.4, 0.5) is 26.3 Å². The number of carbonyl (C=O) groups is 4. The van der Waals surface area contributed by atoms with E-state index in [0.717, 1.165) is 54.8 Å². The van der Waals surface area contributed by atoms with Gasteiger partial charge in [-0.1, -0.05) is 24.3 Å². The number of carbonyl (C=O) groups excluding carboxylic acids is 2. The van der Waals surface area contributed by atoms with Gasteiger partial charge in [-0.3, -0.25) is 14.6 Å². The van der Waals surface area contributed by atoms with Crippen LogP contribution in [0.2, 0.25) is 0 Å². The van der Waals surface area contributed by atoms with Crippen LogP contribution in [0.15, 0.2) is 90.1 Å². The van der Waals surface area contributed by atoms with Crippen LogP contribution in [0.5, 0.6) is 0 Å². The van der Waals surface area contributed by atoms with Gasteiger partial charge in [0.25, 0.3) is 0 Å². The summed E-state index contributed by atoms with van der Waals surface area (Å²) in [5, 5.41) is 19.2. The molecule has 0 spiro atoms. The van der Waals surface area contributed by atoms with E-state index in [1.807, 2.05) is 30.5 Å². The first kappa shape index (κ1) is 41.4. The smallest absolute Gasteiger partial charge is 0.475 e. The molecule has 12 N–H and O–H groups in total. The Bertz CT molecular complexity index is 2610. The maximum Gasteiger partial charge on any atom is 0.490 e. The first-order valence-electron chi connectivity index (χ1n) is 16.6. The van der Waals surface area contributed by atoms with Gasteiger partial charge in [0.15, 0.2) is 0 Å². The zero-order valence-electron chi connectivity index (χ0n) is 29.3. The summed E-state index contributed by atoms with van der Waals surface area (Å²) in [5.74, 6) is -6.66. The molecule has 0 aliphatic carbocycles. The van der Waals surface area contributed by atoms with E-state index in [0.29, 0.717) is 5.36 Å². The number of aromatic nitrogens is 2. The molecule has 298 valence electrons. The van der Waals surface area contributed by atoms with E-state index in [2.05, 4.69) is 70.6 Å². The van der Waals surface area contributed by atoms with Gasteiger partial charge in [-0.05, 0) is 93.5 Å². The number of aliphatic carboxylic acids is 2. The minimum absolute atomic E-state index is 0.133. The second kappa shape index (κ2) is 15.8. The van der Waals surface area contributed by atoms with E-state index in [9.17, 15) is 35.9 Å². The number of benzene rings is 4. The van der Waals surface area contributed by atoms with Crippen LogP contribution in [0.1, 0.15) is 12.8 Å². The summed E-state index contributed by atoms with van der Waals surface area (Å²) in [5.41, 5.74) is 30.1. The Morgan fingerprint density at radius 1 is 0.649 bits per heavy atom. The molecule has 0 bridgehead atoms. The lowest BCUT2D eigenvalue weighted by Crippen LogP contribution is -2.58. The fourth-order valence-electron chi connectivity index (χ4n) is 6.35. The van der Waals surface area contributed by atoms with Gasteiger partial charge in [0, 0.05) is 58.4 Å². The third kappa shape index (κ3) is 9.22. The number of fused-ring (bicyclic) bond motifs is 5. The molecule has 7 rings (SSSR count). The zero-order chi connectivity index (χ0) is 42.0. The van der Waals surface area contributed by atoms with Gasteiger partial charge >= 0.3 is 24.3 Å². The number of H-pyrrole nitrogens is 2. The minimum Gasteiger partial charge on any atom is -0.475 e. The van der Waals surface area contributed by atoms with E-state index >= 15 is 0 Å². The number of carboxylic acids is 2. The van der Waals surface area contributed by atoms with Crippen LogP contribution >= 0.6 is 0 Å². The third-order valence-corrected chi connectivity index (χ3v) is 9.06. The Labute approximate surface area is 316 Å². The molecular weight excluding hydrogens is 764 g/mol. The monoisotopic (exact) mass is 797 g/mol. The zero-order valence-corrected chi connectivity index (χ0v) is 29.3. The third-order valence-electron chi connectivity index (χ3n) is 9.06. The molecule has 2 aromatic heterocycles. The number of hydrogen-bond donors (Lipinski definition) is 8. The van der Waals surface area contributed by atoms with Crippen molar-refractivity contribution in [1.29, 1.82) is 0 Å². The Morgan fingerprint density at radius 2 is 1.07 bits per heavy atom. The second-order valence-corrected chi connectivity index (χ2v) is 13.0. The highest BCUT2D eigenvalue weighted by Crippen LogP contribution is 2.34. The summed E-state index contributed by atoms with van der Waals surface area (Å²) >= 11 is 0. The lowest BCUT2D eigenvalue weighted by molar-refractivity contribution is -0.193. The fourth-order valence-corrected chi connectivity index (χ4v) is 6.35. The normalized spacial score (nSPS) is 15.9. The van der Waals surface area contributed by atoms with Crippen LogP contribution < -0.4 is 33.5 Å². The number of nitrogens with one attached hydrogen (secondary N) is 2. The highest BCUT2D eigenvalue weighted by atomic mass is 19.4. The van der Waals surface area contributed by atoms with Crippen molar-refractivity contribution in [2.75, 3.05) is 0 Å². The fraction of sp³-hybridized carbons (Fsp3) is 0.184. The van der Waals surface area contributed by atoms with Crippen LogP contribution in [-0.2, 0) is 19.2 Å². The van der Waals surface area contributed by atoms with Crippen molar-refractivity contribution in [1.82, 2.24) is 9.97 Å². The van der Waals surface area contributed by atoms with Crippen molar-refractivity contribution in [3.63, 3.8) is 0 Å². The highest BCUT2D eigenvalue weighted by Gasteiger charge is 2.43. The Morgan fingerprint density at radius 3 is 1.53 bits per heavy atom. The maximum absolute atomic E-state index is 11.7. The largest absolute Gasteiger partial charge is 0.490 e. The molecule has 1 aliphatic heterocycles. The number of nitrogens with zero attached hydrogens (tertiary/aromatic N) is 1. The quantitative estimate of drug-likeness (QED) is 0.104. The number of nitrogens with two attached hydrogens (primary N) is 4. The molecule has 2 atom stereocenters. The van der Waals surface area contributed by atoms with Gasteiger partial charge in [-0.15, -0.1) is 0 Å². The molecule has 1 aliphatic rings. The molecule has 0 radical (unpaired) electrons. The molecule has 2 amide bonds. The number of carboxylic acid groups (broad SMARTS) is 2. The van der Waals surface area contributed by atoms with Gasteiger partial charge < -0.3 is 43.1 Å². The minimum atomic E-state index is -5.08. The SMILES string of the molecule is NC(=O)CC(N)C1(C(N)CC(N)=O)C=c2cc(-c3ccc4[nH]c5ccc(-c6ccc7[nH]ccc7c6)cc5c4c3)ccc2=N1.O=C(O)C(F)(F)F.O=C(O)C(F)(F)F. The summed E-state index contributed by atoms with van der Waals surface area (Å²) in [6.07, 6.45) is -6.63. The van der Waals surface area contributed by atoms with Crippen LogP contribution in [-0.4, -0.2) is 73.9 Å². The van der Waals surface area contributed by atoms with Crippen molar-refractivity contribution in [2.45, 2.75) is 42.8 Å². The number of hydrogen-bond acceptors (Lipinski definition) is 7. The number of halogens is 6. The molecule has 2 unspecified atom stereocenters. The topological polar surface area (TPSA) is 257 Å². The molecular formula is C38H33F6N7O6. The first-order valence-corrected chi connectivity index (χ1v) is 16.6. The molecule has 13 nitrogen and oxygen atoms in total. The lowest BCUT2D eigenvalue weighted by atomic mass is 9.80. The molecule has 19 heteroatoms. The van der Waals surface area contributed by atoms with Gasteiger partial charge in [0.1, 0.15) is 5.54 Å². The Hall–Kier alpha value is -6.73. The Balaban J connectivity index is 0.000000380. The second-order valence-electron chi connectivity index (χ2n) is 13.0. The lowest BCUT2D eigenvalue weighted by Gasteiger charge is -2.35. The van der Waals surface area contributed by atoms with E-state index in [-0.39, 0.29) is 12.8 Å². The molecule has 0 fully saturated rings. The maximum atomic E-state index is 11.7. The van der Waals surface area contributed by atoms with Crippen molar-refractivity contribution in [2.24, 2.45) is 27.9 Å². The number of aromatic amines is 2. The van der Waals surface area contributed by atoms with Crippen LogP contribution in [0, 0.1) is 0 Å². The molecule has 3 heterocycles. The number of rotatable bonds is 8. The summed E-state index contributed by atoms with van der Waals surface area (Å²) in [4.78, 5) is 52.9. The average molecular weight is 798 g/mol. The first-order chi connectivity index (χ1) is 26.6. The Kier molecular flexibility index (Phi) is 11.5. The number of primary amides is 2. The van der Waals surface area contributed by atoms with Gasteiger partial charge in [-0.2, -0.15) is 26.3 Å². The standard InChI is InChI=1S/C34H31N7O2.2C2HF3O2/c35-30(15-32(37)42)34(31(36)16-33(38)43)17-23-12-19(2-6-27(23)41-34)21-4-8-29-25(14-21)24-13-20(3-7-28(24)40-29)18-1-5-26-22(11-18)9-10-39-26;2*3-2(4,5)1(6)7/h1-14,17,30-31,39-40H,15-16,35-36H2,(H2,37,42)(H2,38,43);2*(H,6,7). The number of amides is 2. The van der Waals surface area contributed by atoms with E-state index in [4.69, 9.17) is 47.7 Å². The van der Waals surface area contributed by atoms with E-state index < -0.39 is 53.7 Å². The average Bonchev–Trinajstić information content (AvgIpc) is 3.85. The van der Waals surface area contributed by atoms with Crippen LogP contribution in [0.25, 0.3) is 61.0 Å². The molecule has 0 saturated carbocycles. The van der Waals surface area contributed by atoms with Gasteiger partial charge in [0.05, 0.1) is 5.36 Å².